The number of nitrogens with zero attached hydrogens (tertiary/aromatic N) is 10. The van der Waals surface area contributed by atoms with E-state index in [1.807, 2.05) is 143 Å². The molecule has 0 spiro atoms. The summed E-state index contributed by atoms with van der Waals surface area (Å²) in [5.74, 6) is 5.04. The van der Waals surface area contributed by atoms with Gasteiger partial charge in [-0.1, -0.05) is 243 Å². The SMILES string of the molecule is c1ccc(-c2nc(-c3ccc(-c4ccc5c(c4)C4c6ccccc6C5c5cc(-c6ccc(-c7nc(-c8ccccc8)nc(-n8c(-c9ccccc9)nc9ccccc98)n7)cc6)ccc54)cc3)nc(-n3c(-c4ccccc4)nc4ccccc43)n2)cc1. The minimum Gasteiger partial charge on any atom is -0.260 e. The van der Waals surface area contributed by atoms with Gasteiger partial charge < -0.3 is 0 Å². The molecule has 3 aliphatic rings. The molecule has 0 saturated carbocycles. The second-order valence-electron chi connectivity index (χ2n) is 21.9. The van der Waals surface area contributed by atoms with Crippen molar-refractivity contribution >= 4 is 22.1 Å². The van der Waals surface area contributed by atoms with Crippen LogP contribution in [-0.2, 0) is 0 Å². The van der Waals surface area contributed by atoms with Crippen LogP contribution in [0.3, 0.4) is 0 Å². The number of hydrogen-bond acceptors (Lipinski definition) is 8. The molecule has 2 unspecified atom stereocenters. The summed E-state index contributed by atoms with van der Waals surface area (Å²) < 4.78 is 4.10. The summed E-state index contributed by atoms with van der Waals surface area (Å²) >= 11 is 0. The predicted octanol–water partition coefficient (Wildman–Crippen LogP) is 17.1. The average molecular weight is 1100 g/mol. The minimum absolute atomic E-state index is 0.0869. The van der Waals surface area contributed by atoms with E-state index in [1.165, 1.54) is 33.4 Å². The summed E-state index contributed by atoms with van der Waals surface area (Å²) in [6.45, 7) is 0. The van der Waals surface area contributed by atoms with Crippen LogP contribution in [0.5, 0.6) is 0 Å². The van der Waals surface area contributed by atoms with Crippen LogP contribution in [-0.4, -0.2) is 49.0 Å². The molecular weight excluding hydrogens is 1050 g/mol. The number of para-hydroxylation sites is 4. The third-order valence-corrected chi connectivity index (χ3v) is 16.9. The first-order valence-corrected chi connectivity index (χ1v) is 28.9. The van der Waals surface area contributed by atoms with Crippen LogP contribution in [0.15, 0.2) is 279 Å². The highest BCUT2D eigenvalue weighted by molar-refractivity contribution is 5.85. The molecule has 11 aromatic carbocycles. The Morgan fingerprint density at radius 2 is 0.500 bits per heavy atom. The zero-order chi connectivity index (χ0) is 56.7. The van der Waals surface area contributed by atoms with E-state index in [0.717, 1.165) is 89.4 Å². The van der Waals surface area contributed by atoms with Crippen LogP contribution >= 0.6 is 0 Å². The zero-order valence-corrected chi connectivity index (χ0v) is 46.2. The van der Waals surface area contributed by atoms with E-state index >= 15 is 0 Å². The van der Waals surface area contributed by atoms with E-state index in [2.05, 4.69) is 146 Å². The highest BCUT2D eigenvalue weighted by Gasteiger charge is 2.41. The lowest BCUT2D eigenvalue weighted by Gasteiger charge is -2.42. The first kappa shape index (κ1) is 49.0. The maximum absolute atomic E-state index is 5.21. The highest BCUT2D eigenvalue weighted by Crippen LogP contribution is 2.57. The Balaban J connectivity index is 0.703. The molecule has 0 fully saturated rings. The van der Waals surface area contributed by atoms with Gasteiger partial charge in [0, 0.05) is 45.2 Å². The van der Waals surface area contributed by atoms with Crippen molar-refractivity contribution in [3.05, 3.63) is 312 Å². The van der Waals surface area contributed by atoms with E-state index in [0.29, 0.717) is 35.2 Å². The van der Waals surface area contributed by atoms with Gasteiger partial charge in [-0.05, 0) is 92.0 Å². The first-order valence-electron chi connectivity index (χ1n) is 28.9. The maximum atomic E-state index is 5.21. The van der Waals surface area contributed by atoms with Gasteiger partial charge in [-0.3, -0.25) is 9.13 Å². The molecule has 10 heteroatoms. The molecular formula is C76H48N10. The summed E-state index contributed by atoms with van der Waals surface area (Å²) in [6.07, 6.45) is 0. The molecule has 18 rings (SSSR count). The molecule has 0 radical (unpaired) electrons. The molecule has 10 nitrogen and oxygen atoms in total. The summed E-state index contributed by atoms with van der Waals surface area (Å²) in [5, 5.41) is 0. The summed E-state index contributed by atoms with van der Waals surface area (Å²) in [6, 6.07) is 97.3. The number of rotatable bonds is 10. The molecule has 4 aromatic heterocycles. The van der Waals surface area contributed by atoms with Gasteiger partial charge in [0.2, 0.25) is 11.9 Å². The lowest BCUT2D eigenvalue weighted by Crippen LogP contribution is -2.27. The van der Waals surface area contributed by atoms with Gasteiger partial charge in [0.05, 0.1) is 22.1 Å². The number of hydrogen-bond donors (Lipinski definition) is 0. The van der Waals surface area contributed by atoms with Crippen LogP contribution in [0.2, 0.25) is 0 Å². The Hall–Kier alpha value is -11.6. The van der Waals surface area contributed by atoms with Crippen LogP contribution in [0, 0.1) is 0 Å². The van der Waals surface area contributed by atoms with Crippen molar-refractivity contribution in [3.63, 3.8) is 0 Å². The average Bonchev–Trinajstić information content (AvgIpc) is 1.06. The predicted molar refractivity (Wildman–Crippen MR) is 341 cm³/mol. The largest absolute Gasteiger partial charge is 0.260 e. The number of imidazole rings is 2. The molecule has 2 bridgehead atoms. The second-order valence-corrected chi connectivity index (χ2v) is 21.9. The van der Waals surface area contributed by atoms with Crippen molar-refractivity contribution in [1.82, 2.24) is 49.0 Å². The van der Waals surface area contributed by atoms with E-state index < -0.39 is 0 Å². The van der Waals surface area contributed by atoms with E-state index in [1.54, 1.807) is 0 Å². The van der Waals surface area contributed by atoms with Gasteiger partial charge in [0.15, 0.2) is 23.3 Å². The summed E-state index contributed by atoms with van der Waals surface area (Å²) in [5.41, 5.74) is 21.8. The molecule has 2 atom stereocenters. The van der Waals surface area contributed by atoms with E-state index in [9.17, 15) is 0 Å². The molecule has 0 amide bonds. The van der Waals surface area contributed by atoms with Gasteiger partial charge in [0.25, 0.3) is 0 Å². The van der Waals surface area contributed by atoms with Gasteiger partial charge in [-0.2, -0.15) is 19.9 Å². The fourth-order valence-corrected chi connectivity index (χ4v) is 12.8. The van der Waals surface area contributed by atoms with Crippen molar-refractivity contribution in [2.75, 3.05) is 0 Å². The van der Waals surface area contributed by atoms with Crippen molar-refractivity contribution in [3.8, 4) is 102 Å². The van der Waals surface area contributed by atoms with Crippen LogP contribution in [0.1, 0.15) is 45.2 Å². The Kier molecular flexibility index (Phi) is 11.4. The van der Waals surface area contributed by atoms with Crippen LogP contribution in [0.25, 0.3) is 125 Å². The Morgan fingerprint density at radius 3 is 0.884 bits per heavy atom. The molecule has 3 aliphatic carbocycles. The smallest absolute Gasteiger partial charge is 0.240 e. The van der Waals surface area contributed by atoms with Crippen molar-refractivity contribution in [2.45, 2.75) is 11.8 Å². The van der Waals surface area contributed by atoms with Crippen molar-refractivity contribution < 1.29 is 0 Å². The standard InChI is InChI=1S/C76H48N10/c1-5-19-49(20-6-1)69-79-71(83-75(81-69)85-65-31-17-15-29-63(65)77-73(85)53-23-9-3-10-24-53)51-37-33-47(34-38-51)55-41-43-59-61(45-55)67-57-27-13-14-28-58(57)68(59)62-46-56(42-44-60(62)67)48-35-39-52(40-36-48)72-80-70(50-21-7-2-8-22-50)82-76(84-72)86-66-32-18-16-30-64(66)78-74(86)54-25-11-4-12-26-54/h1-46,67-68H. The molecule has 0 N–H and O–H groups in total. The van der Waals surface area contributed by atoms with Gasteiger partial charge in [-0.25, -0.2) is 19.9 Å². The Morgan fingerprint density at radius 1 is 0.209 bits per heavy atom. The summed E-state index contributed by atoms with van der Waals surface area (Å²) in [4.78, 5) is 41.1. The third kappa shape index (κ3) is 8.25. The van der Waals surface area contributed by atoms with Gasteiger partial charge in [0.1, 0.15) is 11.6 Å². The summed E-state index contributed by atoms with van der Waals surface area (Å²) in [7, 11) is 0. The highest BCUT2D eigenvalue weighted by atomic mass is 15.2. The maximum Gasteiger partial charge on any atom is 0.240 e. The molecule has 402 valence electrons. The number of aromatic nitrogens is 10. The van der Waals surface area contributed by atoms with Crippen LogP contribution in [0.4, 0.5) is 0 Å². The molecule has 0 aliphatic heterocycles. The first-order chi connectivity index (χ1) is 42.6. The number of fused-ring (bicyclic) bond motifs is 2. The monoisotopic (exact) mass is 1100 g/mol. The molecule has 15 aromatic rings. The van der Waals surface area contributed by atoms with Crippen molar-refractivity contribution in [2.24, 2.45) is 0 Å². The van der Waals surface area contributed by atoms with Gasteiger partial charge >= 0.3 is 0 Å². The van der Waals surface area contributed by atoms with E-state index in [-0.39, 0.29) is 11.8 Å². The third-order valence-electron chi connectivity index (χ3n) is 16.9. The minimum atomic E-state index is 0.0869. The normalized spacial score (nSPS) is 13.8. The Bertz CT molecular complexity index is 4780. The number of benzene rings is 11. The second kappa shape index (κ2) is 20.1. The lowest BCUT2D eigenvalue weighted by molar-refractivity contribution is 0.755. The topological polar surface area (TPSA) is 113 Å². The fraction of sp³-hybridized carbons (Fsp3) is 0.0263. The Labute approximate surface area is 495 Å². The van der Waals surface area contributed by atoms with Gasteiger partial charge in [-0.15, -0.1) is 0 Å². The van der Waals surface area contributed by atoms with E-state index in [4.69, 9.17) is 39.9 Å². The lowest BCUT2D eigenvalue weighted by atomic mass is 9.60. The van der Waals surface area contributed by atoms with Crippen molar-refractivity contribution in [1.29, 1.82) is 0 Å². The molecule has 86 heavy (non-hydrogen) atoms. The fourth-order valence-electron chi connectivity index (χ4n) is 12.8. The quantitative estimate of drug-likeness (QED) is 0.133. The molecule has 0 saturated heterocycles. The molecule has 4 heterocycles. The van der Waals surface area contributed by atoms with Crippen LogP contribution < -0.4 is 0 Å². The zero-order valence-electron chi connectivity index (χ0n) is 46.2.